The minimum Gasteiger partial charge on any atom is -0.303 e. The van der Waals surface area contributed by atoms with Crippen LogP contribution in [0.3, 0.4) is 0 Å². The van der Waals surface area contributed by atoms with Crippen LogP contribution in [-0.2, 0) is 4.79 Å². The molecule has 0 fully saturated rings. The maximum absolute atomic E-state index is 10.4. The van der Waals surface area contributed by atoms with E-state index in [2.05, 4.69) is 30.3 Å². The molecule has 0 amide bonds. The van der Waals surface area contributed by atoms with E-state index in [1.54, 1.807) is 0 Å². The minimum atomic E-state index is 0.544. The predicted molar refractivity (Wildman–Crippen MR) is 57.8 cm³/mol. The average Bonchev–Trinajstić information content (AvgIpc) is 2.68. The van der Waals surface area contributed by atoms with E-state index in [1.165, 1.54) is 11.1 Å². The van der Waals surface area contributed by atoms with Crippen molar-refractivity contribution in [2.24, 2.45) is 5.92 Å². The van der Waals surface area contributed by atoms with Crippen LogP contribution in [0.15, 0.2) is 36.4 Å². The van der Waals surface area contributed by atoms with Gasteiger partial charge in [0.1, 0.15) is 6.29 Å². The maximum atomic E-state index is 10.4. The number of hydrogen-bond acceptors (Lipinski definition) is 1. The molecular weight excluding hydrogens is 172 g/mol. The number of hydrogen-bond donors (Lipinski definition) is 0. The summed E-state index contributed by atoms with van der Waals surface area (Å²) in [5.41, 5.74) is 2.71. The molecule has 1 nitrogen and oxygen atoms in total. The second kappa shape index (κ2) is 4.23. The Labute approximate surface area is 84.5 Å². The fraction of sp³-hybridized carbons (Fsp3) is 0.308. The molecule has 1 aliphatic rings. The lowest BCUT2D eigenvalue weighted by Crippen LogP contribution is -1.94. The van der Waals surface area contributed by atoms with Crippen molar-refractivity contribution in [3.05, 3.63) is 42.0 Å². The zero-order valence-electron chi connectivity index (χ0n) is 8.15. The highest BCUT2D eigenvalue weighted by atomic mass is 16.1. The number of carbonyl (C=O) groups is 1. The molecule has 0 radical (unpaired) electrons. The van der Waals surface area contributed by atoms with Gasteiger partial charge in [-0.1, -0.05) is 36.4 Å². The summed E-state index contributed by atoms with van der Waals surface area (Å²) in [6.07, 6.45) is 6.12. The SMILES string of the molecule is O=CCC1CC=C(c2ccccc2)C1. The van der Waals surface area contributed by atoms with Crippen LogP contribution >= 0.6 is 0 Å². The van der Waals surface area contributed by atoms with E-state index in [0.29, 0.717) is 12.3 Å². The Morgan fingerprint density at radius 3 is 2.79 bits per heavy atom. The Balaban J connectivity index is 2.05. The summed E-state index contributed by atoms with van der Waals surface area (Å²) in [6, 6.07) is 10.4. The third-order valence-corrected chi connectivity index (χ3v) is 2.78. The van der Waals surface area contributed by atoms with Crippen molar-refractivity contribution in [1.29, 1.82) is 0 Å². The van der Waals surface area contributed by atoms with Gasteiger partial charge in [-0.15, -0.1) is 0 Å². The van der Waals surface area contributed by atoms with Crippen molar-refractivity contribution < 1.29 is 4.79 Å². The van der Waals surface area contributed by atoms with Crippen molar-refractivity contribution in [2.75, 3.05) is 0 Å². The summed E-state index contributed by atoms with van der Waals surface area (Å²) in [5, 5.41) is 0. The van der Waals surface area contributed by atoms with Crippen molar-refractivity contribution in [2.45, 2.75) is 19.3 Å². The summed E-state index contributed by atoms with van der Waals surface area (Å²) in [7, 11) is 0. The molecule has 0 saturated carbocycles. The summed E-state index contributed by atoms with van der Waals surface area (Å²) in [5.74, 6) is 0.544. The van der Waals surface area contributed by atoms with Crippen LogP contribution in [0.2, 0.25) is 0 Å². The predicted octanol–water partition coefficient (Wildman–Crippen LogP) is 3.07. The molecule has 0 heterocycles. The highest BCUT2D eigenvalue weighted by Gasteiger charge is 2.16. The number of aldehydes is 1. The molecule has 14 heavy (non-hydrogen) atoms. The average molecular weight is 186 g/mol. The molecule has 0 saturated heterocycles. The van der Waals surface area contributed by atoms with E-state index >= 15 is 0 Å². The summed E-state index contributed by atoms with van der Waals surface area (Å²) in [6.45, 7) is 0. The van der Waals surface area contributed by atoms with E-state index in [9.17, 15) is 4.79 Å². The van der Waals surface area contributed by atoms with Gasteiger partial charge in [0.25, 0.3) is 0 Å². The first kappa shape index (κ1) is 9.20. The fourth-order valence-electron chi connectivity index (χ4n) is 1.99. The van der Waals surface area contributed by atoms with E-state index < -0.39 is 0 Å². The van der Waals surface area contributed by atoms with Gasteiger partial charge in [-0.05, 0) is 29.9 Å². The Kier molecular flexibility index (Phi) is 2.78. The Bertz CT molecular complexity index is 338. The number of benzene rings is 1. The van der Waals surface area contributed by atoms with Gasteiger partial charge in [0.15, 0.2) is 0 Å². The highest BCUT2D eigenvalue weighted by molar-refractivity contribution is 5.68. The van der Waals surface area contributed by atoms with Crippen LogP contribution in [0.25, 0.3) is 5.57 Å². The van der Waals surface area contributed by atoms with Crippen LogP contribution in [0.4, 0.5) is 0 Å². The first-order valence-electron chi connectivity index (χ1n) is 5.08. The van der Waals surface area contributed by atoms with Gasteiger partial charge < -0.3 is 4.79 Å². The zero-order valence-corrected chi connectivity index (χ0v) is 8.15. The fourth-order valence-corrected chi connectivity index (χ4v) is 1.99. The van der Waals surface area contributed by atoms with Gasteiger partial charge >= 0.3 is 0 Å². The third-order valence-electron chi connectivity index (χ3n) is 2.78. The minimum absolute atomic E-state index is 0.544. The second-order valence-electron chi connectivity index (χ2n) is 3.80. The number of allylic oxidation sites excluding steroid dienone is 2. The topological polar surface area (TPSA) is 17.1 Å². The van der Waals surface area contributed by atoms with Crippen molar-refractivity contribution in [3.63, 3.8) is 0 Å². The van der Waals surface area contributed by atoms with Gasteiger partial charge in [0, 0.05) is 6.42 Å². The maximum Gasteiger partial charge on any atom is 0.120 e. The lowest BCUT2D eigenvalue weighted by molar-refractivity contribution is -0.108. The zero-order chi connectivity index (χ0) is 9.80. The summed E-state index contributed by atoms with van der Waals surface area (Å²) in [4.78, 5) is 10.4. The molecule has 0 N–H and O–H groups in total. The lowest BCUT2D eigenvalue weighted by atomic mass is 9.99. The van der Waals surface area contributed by atoms with Crippen molar-refractivity contribution >= 4 is 11.9 Å². The Hall–Kier alpha value is -1.37. The van der Waals surface area contributed by atoms with Crippen molar-refractivity contribution in [3.8, 4) is 0 Å². The van der Waals surface area contributed by atoms with Gasteiger partial charge in [-0.25, -0.2) is 0 Å². The van der Waals surface area contributed by atoms with Crippen LogP contribution in [-0.4, -0.2) is 6.29 Å². The molecule has 72 valence electrons. The monoisotopic (exact) mass is 186 g/mol. The van der Waals surface area contributed by atoms with E-state index in [0.717, 1.165) is 19.1 Å². The third kappa shape index (κ3) is 1.92. The van der Waals surface area contributed by atoms with E-state index in [-0.39, 0.29) is 0 Å². The normalized spacial score (nSPS) is 20.6. The van der Waals surface area contributed by atoms with Gasteiger partial charge in [-0.3, -0.25) is 0 Å². The Morgan fingerprint density at radius 2 is 2.07 bits per heavy atom. The number of rotatable bonds is 3. The van der Waals surface area contributed by atoms with Crippen LogP contribution < -0.4 is 0 Å². The second-order valence-corrected chi connectivity index (χ2v) is 3.80. The molecule has 1 aromatic rings. The van der Waals surface area contributed by atoms with Crippen LogP contribution in [0.5, 0.6) is 0 Å². The standard InChI is InChI=1S/C13H14O/c14-9-8-11-6-7-13(10-11)12-4-2-1-3-5-12/h1-5,7,9,11H,6,8,10H2. The molecule has 1 aromatic carbocycles. The van der Waals surface area contributed by atoms with Crippen molar-refractivity contribution in [1.82, 2.24) is 0 Å². The van der Waals surface area contributed by atoms with E-state index in [4.69, 9.17) is 0 Å². The molecule has 2 rings (SSSR count). The van der Waals surface area contributed by atoms with Crippen LogP contribution in [0.1, 0.15) is 24.8 Å². The lowest BCUT2D eigenvalue weighted by Gasteiger charge is -2.05. The molecular formula is C13H14O. The highest BCUT2D eigenvalue weighted by Crippen LogP contribution is 2.33. The molecule has 1 atom stereocenters. The first-order chi connectivity index (χ1) is 6.90. The number of carbonyl (C=O) groups excluding carboxylic acids is 1. The molecule has 1 heteroatoms. The first-order valence-corrected chi connectivity index (χ1v) is 5.08. The smallest absolute Gasteiger partial charge is 0.120 e. The Morgan fingerprint density at radius 1 is 1.29 bits per heavy atom. The molecule has 0 aromatic heterocycles. The molecule has 0 aliphatic heterocycles. The molecule has 0 spiro atoms. The van der Waals surface area contributed by atoms with Crippen LogP contribution in [0, 0.1) is 5.92 Å². The molecule has 0 bridgehead atoms. The summed E-state index contributed by atoms with van der Waals surface area (Å²) < 4.78 is 0. The van der Waals surface area contributed by atoms with Gasteiger partial charge in [0.2, 0.25) is 0 Å². The quantitative estimate of drug-likeness (QED) is 0.663. The largest absolute Gasteiger partial charge is 0.303 e. The molecule has 1 aliphatic carbocycles. The van der Waals surface area contributed by atoms with Gasteiger partial charge in [-0.2, -0.15) is 0 Å². The van der Waals surface area contributed by atoms with Gasteiger partial charge in [0.05, 0.1) is 0 Å². The molecule has 1 unspecified atom stereocenters. The van der Waals surface area contributed by atoms with E-state index in [1.807, 2.05) is 6.07 Å². The summed E-state index contributed by atoms with van der Waals surface area (Å²) >= 11 is 0.